The maximum atomic E-state index is 5.39. The lowest BCUT2D eigenvalue weighted by atomic mass is 10.0. The molecule has 0 aliphatic heterocycles. The smallest absolute Gasteiger partial charge is 0.225 e. The van der Waals surface area contributed by atoms with Crippen LogP contribution in [0.1, 0.15) is 16.7 Å². The molecule has 1 aromatic heterocycles. The van der Waals surface area contributed by atoms with Crippen molar-refractivity contribution in [2.45, 2.75) is 20.4 Å². The van der Waals surface area contributed by atoms with E-state index in [0.717, 1.165) is 11.3 Å². The van der Waals surface area contributed by atoms with Crippen molar-refractivity contribution in [1.29, 1.82) is 0 Å². The van der Waals surface area contributed by atoms with Gasteiger partial charge in [0.05, 0.1) is 7.11 Å². The Morgan fingerprint density at radius 2 is 2.18 bits per heavy atom. The van der Waals surface area contributed by atoms with Gasteiger partial charge in [-0.25, -0.2) is 0 Å². The van der Waals surface area contributed by atoms with E-state index in [1.54, 1.807) is 7.11 Å². The lowest BCUT2D eigenvalue weighted by Gasteiger charge is -2.13. The summed E-state index contributed by atoms with van der Waals surface area (Å²) in [4.78, 5) is 0. The summed E-state index contributed by atoms with van der Waals surface area (Å²) in [7, 11) is 1.68. The van der Waals surface area contributed by atoms with Crippen LogP contribution in [-0.2, 0) is 6.54 Å². The number of nitrogens with one attached hydrogen (secondary N) is 1. The molecule has 17 heavy (non-hydrogen) atoms. The number of aryl methyl sites for hydroxylation is 2. The van der Waals surface area contributed by atoms with E-state index in [2.05, 4.69) is 40.0 Å². The van der Waals surface area contributed by atoms with Crippen LogP contribution in [0.3, 0.4) is 0 Å². The Morgan fingerprint density at radius 3 is 2.82 bits per heavy atom. The van der Waals surface area contributed by atoms with Crippen molar-refractivity contribution in [3.63, 3.8) is 0 Å². The third-order valence-corrected chi connectivity index (χ3v) is 3.07. The van der Waals surface area contributed by atoms with Gasteiger partial charge < -0.3 is 10.1 Å². The normalized spacial score (nSPS) is 10.3. The first-order valence-corrected chi connectivity index (χ1v) is 6.01. The van der Waals surface area contributed by atoms with E-state index in [-0.39, 0.29) is 0 Å². The summed E-state index contributed by atoms with van der Waals surface area (Å²) < 4.78 is 9.09. The minimum absolute atomic E-state index is 0.659. The molecule has 5 nitrogen and oxygen atoms in total. The summed E-state index contributed by atoms with van der Waals surface area (Å²) in [5.41, 5.74) is 3.53. The molecule has 0 atom stereocenters. The molecule has 1 aromatic carbocycles. The number of aromatic nitrogens is 3. The van der Waals surface area contributed by atoms with Crippen LogP contribution in [0, 0.1) is 13.8 Å². The number of rotatable bonds is 4. The van der Waals surface area contributed by atoms with Crippen molar-refractivity contribution in [3.05, 3.63) is 28.8 Å². The number of benzene rings is 1. The largest absolute Gasteiger partial charge is 0.496 e. The van der Waals surface area contributed by atoms with Crippen molar-refractivity contribution in [1.82, 2.24) is 14.8 Å². The number of hydrogen-bond acceptors (Lipinski definition) is 6. The highest BCUT2D eigenvalue weighted by molar-refractivity contribution is 7.09. The zero-order valence-corrected chi connectivity index (χ0v) is 10.8. The molecule has 1 N–H and O–H groups in total. The van der Waals surface area contributed by atoms with Gasteiger partial charge in [0.1, 0.15) is 5.75 Å². The van der Waals surface area contributed by atoms with Gasteiger partial charge in [-0.05, 0) is 36.3 Å². The predicted molar refractivity (Wildman–Crippen MR) is 67.5 cm³/mol. The molecule has 6 heteroatoms. The first-order chi connectivity index (χ1) is 8.20. The first kappa shape index (κ1) is 11.8. The molecule has 90 valence electrons. The zero-order valence-electron chi connectivity index (χ0n) is 10.0. The lowest BCUT2D eigenvalue weighted by Crippen LogP contribution is -2.04. The van der Waals surface area contributed by atoms with Crippen molar-refractivity contribution in [2.75, 3.05) is 12.4 Å². The van der Waals surface area contributed by atoms with E-state index in [9.17, 15) is 0 Å². The van der Waals surface area contributed by atoms with Gasteiger partial charge in [0, 0.05) is 23.6 Å². The Hall–Kier alpha value is -1.69. The number of anilines is 1. The standard InChI is InChI=1S/C11H14N4OS/c1-7-4-8(2)9(10(5-7)16-3)6-12-11-13-14-15-17-11/h4-5H,6H2,1-3H3,(H,12,13,15). The van der Waals surface area contributed by atoms with E-state index in [1.807, 2.05) is 6.07 Å². The molecule has 0 spiro atoms. The Morgan fingerprint density at radius 1 is 1.35 bits per heavy atom. The van der Waals surface area contributed by atoms with Gasteiger partial charge in [-0.3, -0.25) is 0 Å². The number of hydrogen-bond donors (Lipinski definition) is 1. The second-order valence-corrected chi connectivity index (χ2v) is 4.52. The molecule has 2 aromatic rings. The molecule has 0 aliphatic carbocycles. The zero-order chi connectivity index (χ0) is 12.3. The highest BCUT2D eigenvalue weighted by Crippen LogP contribution is 2.25. The fourth-order valence-electron chi connectivity index (χ4n) is 1.73. The highest BCUT2D eigenvalue weighted by Gasteiger charge is 2.08. The SMILES string of the molecule is COc1cc(C)cc(C)c1CNc1nnns1. The van der Waals surface area contributed by atoms with Gasteiger partial charge >= 0.3 is 0 Å². The highest BCUT2D eigenvalue weighted by atomic mass is 32.1. The minimum atomic E-state index is 0.659. The maximum Gasteiger partial charge on any atom is 0.225 e. The average Bonchev–Trinajstić information content (AvgIpc) is 2.79. The van der Waals surface area contributed by atoms with Crippen LogP contribution in [0.5, 0.6) is 5.75 Å². The van der Waals surface area contributed by atoms with Crippen LogP contribution < -0.4 is 10.1 Å². The van der Waals surface area contributed by atoms with Gasteiger partial charge in [-0.15, -0.1) is 0 Å². The fraction of sp³-hybridized carbons (Fsp3) is 0.364. The lowest BCUT2D eigenvalue weighted by molar-refractivity contribution is 0.409. The summed E-state index contributed by atoms with van der Waals surface area (Å²) in [5.74, 6) is 0.896. The molecule has 0 aliphatic rings. The Bertz CT molecular complexity index is 498. The molecule has 0 amide bonds. The molecular formula is C11H14N4OS. The monoisotopic (exact) mass is 250 g/mol. The van der Waals surface area contributed by atoms with Crippen LogP contribution in [0.25, 0.3) is 0 Å². The molecule has 0 radical (unpaired) electrons. The van der Waals surface area contributed by atoms with E-state index in [0.29, 0.717) is 11.7 Å². The van der Waals surface area contributed by atoms with Crippen LogP contribution in [0.15, 0.2) is 12.1 Å². The van der Waals surface area contributed by atoms with Crippen LogP contribution in [0.4, 0.5) is 5.13 Å². The van der Waals surface area contributed by atoms with E-state index >= 15 is 0 Å². The van der Waals surface area contributed by atoms with E-state index in [1.165, 1.54) is 22.7 Å². The van der Waals surface area contributed by atoms with Gasteiger partial charge in [-0.1, -0.05) is 15.7 Å². The first-order valence-electron chi connectivity index (χ1n) is 5.23. The third-order valence-electron chi connectivity index (χ3n) is 2.51. The second kappa shape index (κ2) is 5.09. The van der Waals surface area contributed by atoms with E-state index in [4.69, 9.17) is 4.74 Å². The summed E-state index contributed by atoms with van der Waals surface area (Å²) in [6.07, 6.45) is 0. The molecule has 0 bridgehead atoms. The Kier molecular flexibility index (Phi) is 3.53. The second-order valence-electron chi connectivity index (χ2n) is 3.78. The topological polar surface area (TPSA) is 59.9 Å². The number of ether oxygens (including phenoxy) is 1. The number of methoxy groups -OCH3 is 1. The summed E-state index contributed by atoms with van der Waals surface area (Å²) in [6, 6.07) is 4.17. The molecule has 0 unspecified atom stereocenters. The van der Waals surface area contributed by atoms with Crippen molar-refractivity contribution >= 4 is 16.7 Å². The maximum absolute atomic E-state index is 5.39. The fourth-order valence-corrected chi connectivity index (χ4v) is 2.09. The van der Waals surface area contributed by atoms with Crippen LogP contribution in [0.2, 0.25) is 0 Å². The molecule has 0 saturated carbocycles. The molecule has 0 saturated heterocycles. The summed E-state index contributed by atoms with van der Waals surface area (Å²) in [5, 5.41) is 11.3. The molecule has 1 heterocycles. The minimum Gasteiger partial charge on any atom is -0.496 e. The van der Waals surface area contributed by atoms with Gasteiger partial charge in [0.15, 0.2) is 0 Å². The Labute approximate surface area is 104 Å². The van der Waals surface area contributed by atoms with Gasteiger partial charge in [0.2, 0.25) is 5.13 Å². The van der Waals surface area contributed by atoms with E-state index < -0.39 is 0 Å². The summed E-state index contributed by atoms with van der Waals surface area (Å²) in [6.45, 7) is 4.79. The number of nitrogens with zero attached hydrogens (tertiary/aromatic N) is 3. The molecular weight excluding hydrogens is 236 g/mol. The van der Waals surface area contributed by atoms with Crippen molar-refractivity contribution in [3.8, 4) is 5.75 Å². The third kappa shape index (κ3) is 2.71. The molecule has 0 fully saturated rings. The quantitative estimate of drug-likeness (QED) is 0.901. The van der Waals surface area contributed by atoms with Gasteiger partial charge in [-0.2, -0.15) is 0 Å². The molecule has 2 rings (SSSR count). The Balaban J connectivity index is 2.19. The summed E-state index contributed by atoms with van der Waals surface area (Å²) >= 11 is 1.24. The van der Waals surface area contributed by atoms with Crippen molar-refractivity contribution < 1.29 is 4.74 Å². The van der Waals surface area contributed by atoms with Crippen molar-refractivity contribution in [2.24, 2.45) is 0 Å². The average molecular weight is 250 g/mol. The van der Waals surface area contributed by atoms with Gasteiger partial charge in [0.25, 0.3) is 0 Å². The van der Waals surface area contributed by atoms with Crippen LogP contribution >= 0.6 is 11.5 Å². The predicted octanol–water partition coefficient (Wildman–Crippen LogP) is 2.17. The van der Waals surface area contributed by atoms with Crippen LogP contribution in [-0.4, -0.2) is 21.9 Å².